The van der Waals surface area contributed by atoms with Gasteiger partial charge >= 0.3 is 5.97 Å². The summed E-state index contributed by atoms with van der Waals surface area (Å²) in [6, 6.07) is 2.25. The first kappa shape index (κ1) is 15.8. The van der Waals surface area contributed by atoms with Gasteiger partial charge in [0.2, 0.25) is 0 Å². The van der Waals surface area contributed by atoms with Crippen molar-refractivity contribution in [3.05, 3.63) is 35.4 Å². The first-order valence-corrected chi connectivity index (χ1v) is 4.90. The molecule has 0 amide bonds. The summed E-state index contributed by atoms with van der Waals surface area (Å²) in [4.78, 5) is 11.1. The van der Waals surface area contributed by atoms with Gasteiger partial charge < -0.3 is 10.5 Å². The lowest BCUT2D eigenvalue weighted by molar-refractivity contribution is -0.143. The van der Waals surface area contributed by atoms with Crippen LogP contribution < -0.4 is 5.73 Å². The van der Waals surface area contributed by atoms with Gasteiger partial charge in [-0.05, 0) is 13.0 Å². The summed E-state index contributed by atoms with van der Waals surface area (Å²) in [6.45, 7) is 1.92. The lowest BCUT2D eigenvalue weighted by Gasteiger charge is -2.11. The van der Waals surface area contributed by atoms with Gasteiger partial charge in [-0.2, -0.15) is 0 Å². The largest absolute Gasteiger partial charge is 0.466 e. The Kier molecular flexibility index (Phi) is 6.68. The normalized spacial score (nSPS) is 11.5. The Bertz CT molecular complexity index is 388. The highest BCUT2D eigenvalue weighted by Crippen LogP contribution is 2.19. The van der Waals surface area contributed by atoms with Crippen LogP contribution in [0.15, 0.2) is 18.2 Å². The van der Waals surface area contributed by atoms with Crippen LogP contribution in [0.5, 0.6) is 0 Å². The summed E-state index contributed by atoms with van der Waals surface area (Å²) >= 11 is 0. The fourth-order valence-corrected chi connectivity index (χ4v) is 1.31. The van der Waals surface area contributed by atoms with Crippen molar-refractivity contribution in [1.82, 2.24) is 0 Å². The molecule has 2 N–H and O–H groups in total. The van der Waals surface area contributed by atoms with E-state index in [-0.39, 0.29) is 31.0 Å². The topological polar surface area (TPSA) is 52.3 Å². The molecule has 0 saturated heterocycles. The van der Waals surface area contributed by atoms with Crippen molar-refractivity contribution in [2.24, 2.45) is 5.73 Å². The second-order valence-corrected chi connectivity index (χ2v) is 3.28. The van der Waals surface area contributed by atoms with E-state index >= 15 is 0 Å². The van der Waals surface area contributed by atoms with E-state index < -0.39 is 23.6 Å². The monoisotopic (exact) mass is 265 g/mol. The van der Waals surface area contributed by atoms with Crippen LogP contribution in [0.2, 0.25) is 0 Å². The predicted octanol–water partition coefficient (Wildman–Crippen LogP) is 2.34. The van der Waals surface area contributed by atoms with Gasteiger partial charge in [0.15, 0.2) is 0 Å². The number of esters is 1. The van der Waals surface area contributed by atoms with Crippen LogP contribution in [-0.2, 0) is 9.53 Å². The van der Waals surface area contributed by atoms with Crippen LogP contribution >= 0.6 is 12.4 Å². The molecule has 0 aliphatic heterocycles. The third kappa shape index (κ3) is 4.66. The zero-order valence-corrected chi connectivity index (χ0v) is 10.1. The van der Waals surface area contributed by atoms with Crippen LogP contribution in [0.1, 0.15) is 24.9 Å². The molecule has 0 spiro atoms. The van der Waals surface area contributed by atoms with Crippen molar-refractivity contribution in [2.75, 3.05) is 6.61 Å². The molecule has 0 fully saturated rings. The maximum absolute atomic E-state index is 13.3. The fraction of sp³-hybridized carbons (Fsp3) is 0.364. The Morgan fingerprint density at radius 2 is 2.12 bits per heavy atom. The Balaban J connectivity index is 0.00000256. The van der Waals surface area contributed by atoms with E-state index in [1.165, 1.54) is 6.07 Å². The highest BCUT2D eigenvalue weighted by Gasteiger charge is 2.16. The number of carbonyl (C=O) groups is 1. The zero-order valence-electron chi connectivity index (χ0n) is 9.28. The van der Waals surface area contributed by atoms with Crippen molar-refractivity contribution in [3.8, 4) is 0 Å². The molecule has 1 aromatic carbocycles. The molecule has 0 heterocycles. The van der Waals surface area contributed by atoms with Crippen LogP contribution in [0.25, 0.3) is 0 Å². The molecule has 0 aromatic heterocycles. The quantitative estimate of drug-likeness (QED) is 0.850. The average molecular weight is 266 g/mol. The van der Waals surface area contributed by atoms with E-state index in [0.717, 1.165) is 12.1 Å². The van der Waals surface area contributed by atoms with Crippen LogP contribution in [0.3, 0.4) is 0 Å². The molecule has 96 valence electrons. The Hall–Kier alpha value is -1.20. The molecule has 0 bridgehead atoms. The summed E-state index contributed by atoms with van der Waals surface area (Å²) in [5.74, 6) is -1.93. The van der Waals surface area contributed by atoms with E-state index in [1.54, 1.807) is 6.92 Å². The van der Waals surface area contributed by atoms with E-state index in [1.807, 2.05) is 0 Å². The van der Waals surface area contributed by atoms with E-state index in [0.29, 0.717) is 0 Å². The maximum atomic E-state index is 13.3. The summed E-state index contributed by atoms with van der Waals surface area (Å²) < 4.78 is 30.6. The molecule has 0 aliphatic rings. The first-order chi connectivity index (χ1) is 7.54. The molecule has 3 nitrogen and oxygen atoms in total. The molecule has 1 atom stereocenters. The van der Waals surface area contributed by atoms with Gasteiger partial charge in [0, 0.05) is 17.7 Å². The number of hydrogen-bond donors (Lipinski definition) is 1. The summed E-state index contributed by atoms with van der Waals surface area (Å²) in [6.07, 6.45) is -0.129. The number of carbonyl (C=O) groups excluding carboxylic acids is 1. The molecule has 0 unspecified atom stereocenters. The highest BCUT2D eigenvalue weighted by molar-refractivity contribution is 5.85. The minimum Gasteiger partial charge on any atom is -0.466 e. The Labute approximate surface area is 104 Å². The lowest BCUT2D eigenvalue weighted by atomic mass is 10.0. The summed E-state index contributed by atoms with van der Waals surface area (Å²) in [5, 5.41) is 0. The predicted molar refractivity (Wildman–Crippen MR) is 61.8 cm³/mol. The third-order valence-electron chi connectivity index (χ3n) is 2.05. The maximum Gasteiger partial charge on any atom is 0.307 e. The van der Waals surface area contributed by atoms with Crippen LogP contribution in [0.4, 0.5) is 8.78 Å². The van der Waals surface area contributed by atoms with Gasteiger partial charge in [-0.3, -0.25) is 4.79 Å². The van der Waals surface area contributed by atoms with E-state index in [9.17, 15) is 13.6 Å². The standard InChI is InChI=1S/C11H13F2NO2.ClH/c1-2-16-11(15)6-10(14)8-4-3-7(12)5-9(8)13;/h3-5,10H,2,6,14H2,1H3;1H/t10-;/m1./s1. The molecule has 17 heavy (non-hydrogen) atoms. The molecule has 0 aliphatic carbocycles. The first-order valence-electron chi connectivity index (χ1n) is 4.90. The minimum absolute atomic E-state index is 0. The highest BCUT2D eigenvalue weighted by atomic mass is 35.5. The van der Waals surface area contributed by atoms with E-state index in [2.05, 4.69) is 4.74 Å². The van der Waals surface area contributed by atoms with Gasteiger partial charge in [-0.1, -0.05) is 6.07 Å². The van der Waals surface area contributed by atoms with Crippen molar-refractivity contribution in [2.45, 2.75) is 19.4 Å². The van der Waals surface area contributed by atoms with Gasteiger partial charge in [0.1, 0.15) is 11.6 Å². The molecule has 0 radical (unpaired) electrons. The van der Waals surface area contributed by atoms with Gasteiger partial charge in [0.25, 0.3) is 0 Å². The molecular formula is C11H14ClF2NO2. The van der Waals surface area contributed by atoms with E-state index in [4.69, 9.17) is 5.73 Å². The van der Waals surface area contributed by atoms with Crippen molar-refractivity contribution < 1.29 is 18.3 Å². The lowest BCUT2D eigenvalue weighted by Crippen LogP contribution is -2.18. The molecule has 1 aromatic rings. The summed E-state index contributed by atoms with van der Waals surface area (Å²) in [7, 11) is 0. The number of ether oxygens (including phenoxy) is 1. The molecule has 6 heteroatoms. The number of nitrogens with two attached hydrogens (primary N) is 1. The molecule has 1 rings (SSSR count). The van der Waals surface area contributed by atoms with Crippen molar-refractivity contribution in [3.63, 3.8) is 0 Å². The third-order valence-corrected chi connectivity index (χ3v) is 2.05. The SMILES string of the molecule is CCOC(=O)C[C@@H](N)c1ccc(F)cc1F.Cl. The van der Waals surface area contributed by atoms with Crippen LogP contribution in [0, 0.1) is 11.6 Å². The molecule has 0 saturated carbocycles. The van der Waals surface area contributed by atoms with Crippen LogP contribution in [-0.4, -0.2) is 12.6 Å². The second kappa shape index (κ2) is 7.19. The number of halogens is 3. The molecular weight excluding hydrogens is 252 g/mol. The fourth-order valence-electron chi connectivity index (χ4n) is 1.31. The zero-order chi connectivity index (χ0) is 12.1. The summed E-state index contributed by atoms with van der Waals surface area (Å²) in [5.41, 5.74) is 5.72. The minimum atomic E-state index is -0.820. The van der Waals surface area contributed by atoms with Gasteiger partial charge in [-0.25, -0.2) is 8.78 Å². The average Bonchev–Trinajstić information content (AvgIpc) is 2.17. The van der Waals surface area contributed by atoms with Gasteiger partial charge in [-0.15, -0.1) is 12.4 Å². The smallest absolute Gasteiger partial charge is 0.307 e. The van der Waals surface area contributed by atoms with Gasteiger partial charge in [0.05, 0.1) is 13.0 Å². The van der Waals surface area contributed by atoms with Crippen molar-refractivity contribution >= 4 is 18.4 Å². The Morgan fingerprint density at radius 1 is 1.47 bits per heavy atom. The number of rotatable bonds is 4. The Morgan fingerprint density at radius 3 is 2.65 bits per heavy atom. The number of hydrogen-bond acceptors (Lipinski definition) is 3. The second-order valence-electron chi connectivity index (χ2n) is 3.28. The van der Waals surface area contributed by atoms with Crippen molar-refractivity contribution in [1.29, 1.82) is 0 Å². The number of benzene rings is 1.